The number of halogens is 1. The van der Waals surface area contributed by atoms with Crippen LogP contribution in [-0.4, -0.2) is 21.2 Å². The van der Waals surface area contributed by atoms with Gasteiger partial charge in [0.15, 0.2) is 0 Å². The molecule has 6 heteroatoms. The van der Waals surface area contributed by atoms with E-state index in [1.807, 2.05) is 78.9 Å². The van der Waals surface area contributed by atoms with Gasteiger partial charge in [-0.1, -0.05) is 60.1 Å². The van der Waals surface area contributed by atoms with Gasteiger partial charge in [0, 0.05) is 33.1 Å². The molecule has 0 aliphatic rings. The molecule has 0 amide bonds. The zero-order valence-electron chi connectivity index (χ0n) is 15.8. The third-order valence-corrected chi connectivity index (χ3v) is 5.02. The first-order valence-corrected chi connectivity index (χ1v) is 9.81. The Balaban J connectivity index is 1.51. The third kappa shape index (κ3) is 3.58. The van der Waals surface area contributed by atoms with E-state index < -0.39 is 0 Å². The first kappa shape index (κ1) is 18.2. The van der Waals surface area contributed by atoms with Crippen LogP contribution in [0.1, 0.15) is 5.56 Å². The fourth-order valence-electron chi connectivity index (χ4n) is 3.35. The van der Waals surface area contributed by atoms with Gasteiger partial charge in [-0.15, -0.1) is 0 Å². The van der Waals surface area contributed by atoms with E-state index in [9.17, 15) is 0 Å². The zero-order chi connectivity index (χ0) is 20.3. The molecule has 0 bridgehead atoms. The highest BCUT2D eigenvalue weighted by atomic mass is 35.5. The van der Waals surface area contributed by atoms with Crippen molar-refractivity contribution in [2.45, 2.75) is 0 Å². The molecule has 0 atom stereocenters. The number of fused-ring (bicyclic) bond motifs is 2. The van der Waals surface area contributed by atoms with E-state index >= 15 is 0 Å². The molecule has 0 saturated heterocycles. The van der Waals surface area contributed by atoms with E-state index in [1.165, 1.54) is 0 Å². The van der Waals surface area contributed by atoms with Gasteiger partial charge in [-0.05, 0) is 30.3 Å². The summed E-state index contributed by atoms with van der Waals surface area (Å²) in [6.07, 6.45) is 3.53. The Bertz CT molecular complexity index is 1370. The second-order valence-electron chi connectivity index (χ2n) is 6.71. The lowest BCUT2D eigenvalue weighted by Gasteiger charge is -2.08. The lowest BCUT2D eigenvalue weighted by Crippen LogP contribution is -2.00. The fraction of sp³-hybridized carbons (Fsp3) is 0. The second kappa shape index (κ2) is 7.89. The molecule has 30 heavy (non-hydrogen) atoms. The summed E-state index contributed by atoms with van der Waals surface area (Å²) >= 11 is 6.05. The molecule has 3 aromatic carbocycles. The van der Waals surface area contributed by atoms with Gasteiger partial charge in [0.1, 0.15) is 0 Å². The summed E-state index contributed by atoms with van der Waals surface area (Å²) in [7, 11) is 0. The predicted octanol–water partition coefficient (Wildman–Crippen LogP) is 5.94. The van der Waals surface area contributed by atoms with Crippen molar-refractivity contribution >= 4 is 45.6 Å². The molecule has 0 unspecified atom stereocenters. The normalized spacial score (nSPS) is 11.4. The van der Waals surface area contributed by atoms with Crippen LogP contribution in [0.15, 0.2) is 90.2 Å². The van der Waals surface area contributed by atoms with E-state index in [0.717, 1.165) is 38.6 Å². The number of hydrogen-bond donors (Lipinski definition) is 1. The van der Waals surface area contributed by atoms with Gasteiger partial charge in [0.2, 0.25) is 5.95 Å². The van der Waals surface area contributed by atoms with Crippen molar-refractivity contribution in [1.82, 2.24) is 15.0 Å². The Kier molecular flexibility index (Phi) is 4.79. The second-order valence-corrected chi connectivity index (χ2v) is 7.14. The zero-order valence-corrected chi connectivity index (χ0v) is 16.6. The third-order valence-electron chi connectivity index (χ3n) is 4.77. The molecular formula is C24H16ClN5. The Labute approximate surface area is 178 Å². The molecule has 0 spiro atoms. The Morgan fingerprint density at radius 3 is 2.47 bits per heavy atom. The summed E-state index contributed by atoms with van der Waals surface area (Å²) in [4.78, 5) is 13.7. The Hall–Kier alpha value is -3.83. The number of hydrogen-bond acceptors (Lipinski definition) is 5. The molecule has 0 radical (unpaired) electrons. The number of pyridine rings is 1. The van der Waals surface area contributed by atoms with E-state index in [2.05, 4.69) is 20.5 Å². The number of benzene rings is 3. The van der Waals surface area contributed by atoms with Crippen LogP contribution in [0.2, 0.25) is 5.02 Å². The highest BCUT2D eigenvalue weighted by Gasteiger charge is 2.09. The monoisotopic (exact) mass is 409 g/mol. The number of para-hydroxylation sites is 1. The van der Waals surface area contributed by atoms with Crippen molar-refractivity contribution in [3.63, 3.8) is 0 Å². The molecule has 2 heterocycles. The largest absolute Gasteiger partial charge is 0.256 e. The minimum Gasteiger partial charge on any atom is -0.256 e. The average Bonchev–Trinajstić information content (AvgIpc) is 2.79. The van der Waals surface area contributed by atoms with Crippen LogP contribution in [0.4, 0.5) is 5.95 Å². The molecule has 2 aromatic heterocycles. The minimum atomic E-state index is 0.424. The molecule has 0 aliphatic heterocycles. The molecule has 5 nitrogen and oxygen atoms in total. The summed E-state index contributed by atoms with van der Waals surface area (Å²) in [5.74, 6) is 0.424. The summed E-state index contributed by atoms with van der Waals surface area (Å²) in [5.41, 5.74) is 7.49. The standard InChI is InChI=1S/C24H16ClN5/c25-18-12-10-16(11-13-18)23-20-6-1-2-8-22(20)28-24(29-23)30-27-15-17-5-3-9-21-19(17)7-4-14-26-21/h1-15H,(H,28,29,30)/b27-15-. The number of nitrogens with zero attached hydrogens (tertiary/aromatic N) is 4. The molecule has 5 rings (SSSR count). The van der Waals surface area contributed by atoms with Crippen molar-refractivity contribution in [2.75, 3.05) is 5.43 Å². The number of aromatic nitrogens is 3. The van der Waals surface area contributed by atoms with Crippen LogP contribution in [0.5, 0.6) is 0 Å². The molecule has 0 aliphatic carbocycles. The Morgan fingerprint density at radius 2 is 1.57 bits per heavy atom. The molecular weight excluding hydrogens is 394 g/mol. The quantitative estimate of drug-likeness (QED) is 0.294. The van der Waals surface area contributed by atoms with Crippen LogP contribution in [0.3, 0.4) is 0 Å². The van der Waals surface area contributed by atoms with Crippen molar-refractivity contribution < 1.29 is 0 Å². The van der Waals surface area contributed by atoms with Crippen LogP contribution < -0.4 is 5.43 Å². The Morgan fingerprint density at radius 1 is 0.767 bits per heavy atom. The van der Waals surface area contributed by atoms with Crippen LogP contribution in [0, 0.1) is 0 Å². The van der Waals surface area contributed by atoms with Gasteiger partial charge in [0.05, 0.1) is 22.9 Å². The van der Waals surface area contributed by atoms with Crippen molar-refractivity contribution in [1.29, 1.82) is 0 Å². The van der Waals surface area contributed by atoms with Crippen molar-refractivity contribution in [3.05, 3.63) is 95.6 Å². The molecule has 0 saturated carbocycles. The topological polar surface area (TPSA) is 63.1 Å². The maximum atomic E-state index is 6.05. The van der Waals surface area contributed by atoms with Crippen molar-refractivity contribution in [3.8, 4) is 11.3 Å². The summed E-state index contributed by atoms with van der Waals surface area (Å²) in [5, 5.41) is 7.05. The van der Waals surface area contributed by atoms with Gasteiger partial charge < -0.3 is 0 Å². The number of nitrogens with one attached hydrogen (secondary N) is 1. The van der Waals surface area contributed by atoms with Crippen LogP contribution in [0.25, 0.3) is 33.1 Å². The van der Waals surface area contributed by atoms with Crippen LogP contribution in [-0.2, 0) is 0 Å². The molecule has 5 aromatic rings. The smallest absolute Gasteiger partial charge is 0.244 e. The van der Waals surface area contributed by atoms with Crippen LogP contribution >= 0.6 is 11.6 Å². The van der Waals surface area contributed by atoms with E-state index in [0.29, 0.717) is 11.0 Å². The number of hydrazone groups is 1. The average molecular weight is 410 g/mol. The van der Waals surface area contributed by atoms with Gasteiger partial charge in [0.25, 0.3) is 0 Å². The molecule has 144 valence electrons. The van der Waals surface area contributed by atoms with E-state index in [4.69, 9.17) is 16.6 Å². The van der Waals surface area contributed by atoms with Gasteiger partial charge in [-0.25, -0.2) is 15.4 Å². The fourth-order valence-corrected chi connectivity index (χ4v) is 3.48. The van der Waals surface area contributed by atoms with E-state index in [-0.39, 0.29) is 0 Å². The highest BCUT2D eigenvalue weighted by molar-refractivity contribution is 6.30. The predicted molar refractivity (Wildman–Crippen MR) is 123 cm³/mol. The lowest BCUT2D eigenvalue weighted by molar-refractivity contribution is 1.16. The summed E-state index contributed by atoms with van der Waals surface area (Å²) in [6, 6.07) is 25.4. The maximum absolute atomic E-state index is 6.05. The SMILES string of the molecule is Clc1ccc(-c2nc(N/N=C\c3cccc4ncccc34)nc3ccccc23)cc1. The van der Waals surface area contributed by atoms with Gasteiger partial charge in [-0.2, -0.15) is 5.10 Å². The molecule has 1 N–H and O–H groups in total. The minimum absolute atomic E-state index is 0.424. The highest BCUT2D eigenvalue weighted by Crippen LogP contribution is 2.28. The van der Waals surface area contributed by atoms with Crippen molar-refractivity contribution in [2.24, 2.45) is 5.10 Å². The first-order chi connectivity index (χ1) is 14.8. The molecule has 0 fully saturated rings. The number of anilines is 1. The lowest BCUT2D eigenvalue weighted by atomic mass is 10.1. The number of rotatable bonds is 4. The summed E-state index contributed by atoms with van der Waals surface area (Å²) in [6.45, 7) is 0. The van der Waals surface area contributed by atoms with E-state index in [1.54, 1.807) is 12.4 Å². The summed E-state index contributed by atoms with van der Waals surface area (Å²) < 4.78 is 0. The maximum Gasteiger partial charge on any atom is 0.244 e. The van der Waals surface area contributed by atoms with Gasteiger partial charge >= 0.3 is 0 Å². The first-order valence-electron chi connectivity index (χ1n) is 9.43. The van der Waals surface area contributed by atoms with Gasteiger partial charge in [-0.3, -0.25) is 4.98 Å².